The van der Waals surface area contributed by atoms with E-state index in [4.69, 9.17) is 4.98 Å². The van der Waals surface area contributed by atoms with Crippen molar-refractivity contribution in [2.24, 2.45) is 16.8 Å². The summed E-state index contributed by atoms with van der Waals surface area (Å²) in [4.78, 5) is 9.30. The van der Waals surface area contributed by atoms with E-state index in [0.717, 1.165) is 23.5 Å². The first-order valence-electron chi connectivity index (χ1n) is 19.3. The summed E-state index contributed by atoms with van der Waals surface area (Å²) >= 11 is 0. The van der Waals surface area contributed by atoms with Gasteiger partial charge in [-0.15, -0.1) is 0 Å². The van der Waals surface area contributed by atoms with Crippen LogP contribution in [-0.2, 0) is 6.42 Å². The van der Waals surface area contributed by atoms with E-state index in [1.54, 1.807) is 0 Å². The molecule has 0 bridgehead atoms. The van der Waals surface area contributed by atoms with Crippen LogP contribution in [0.2, 0.25) is 0 Å². The zero-order valence-corrected chi connectivity index (χ0v) is 33.2. The lowest BCUT2D eigenvalue weighted by atomic mass is 9.88. The van der Waals surface area contributed by atoms with Crippen molar-refractivity contribution in [2.75, 3.05) is 0 Å². The molecular formula is C50H57N3. The Hall–Kier alpha value is -5.28. The maximum Gasteiger partial charge on any atom is 0.144 e. The average molecular weight is 700 g/mol. The lowest BCUT2D eigenvalue weighted by Crippen LogP contribution is -2.10. The molecule has 0 fully saturated rings. The quantitative estimate of drug-likeness (QED) is 0.124. The van der Waals surface area contributed by atoms with Crippen LogP contribution in [0.15, 0.2) is 151 Å². The predicted molar refractivity (Wildman–Crippen MR) is 229 cm³/mol. The molecule has 5 aromatic carbocycles. The molecule has 0 aliphatic carbocycles. The summed E-state index contributed by atoms with van der Waals surface area (Å²) in [6, 6.07) is 43.3. The molecule has 0 radical (unpaired) electrons. The number of hydrogen-bond acceptors (Lipinski definition) is 2. The molecule has 1 heterocycles. The van der Waals surface area contributed by atoms with E-state index in [9.17, 15) is 0 Å². The molecule has 6 rings (SSSR count). The average Bonchev–Trinajstić information content (AvgIpc) is 3.67. The monoisotopic (exact) mass is 699 g/mol. The minimum atomic E-state index is 0.372. The van der Waals surface area contributed by atoms with Crippen molar-refractivity contribution in [3.05, 3.63) is 168 Å². The van der Waals surface area contributed by atoms with Crippen molar-refractivity contribution in [3.63, 3.8) is 0 Å². The molecule has 53 heavy (non-hydrogen) atoms. The Morgan fingerprint density at radius 1 is 0.642 bits per heavy atom. The van der Waals surface area contributed by atoms with Crippen molar-refractivity contribution in [3.8, 4) is 39.3 Å². The number of aliphatic imine (C=N–C) groups is 1. The molecule has 0 aliphatic rings. The summed E-state index contributed by atoms with van der Waals surface area (Å²) in [7, 11) is 0. The van der Waals surface area contributed by atoms with Gasteiger partial charge in [-0.3, -0.25) is 9.56 Å². The maximum atomic E-state index is 4.84. The maximum absolute atomic E-state index is 4.84. The van der Waals surface area contributed by atoms with Gasteiger partial charge in [-0.25, -0.2) is 4.98 Å². The second kappa shape index (κ2) is 18.5. The number of hydrogen-bond donors (Lipinski definition) is 0. The molecule has 3 heteroatoms. The fraction of sp³-hybridized carbons (Fsp3) is 0.280. The highest BCUT2D eigenvalue weighted by molar-refractivity contribution is 6.00. The fourth-order valence-corrected chi connectivity index (χ4v) is 6.69. The number of nitrogens with zero attached hydrogens (tertiary/aromatic N) is 3. The Morgan fingerprint density at radius 3 is 1.77 bits per heavy atom. The van der Waals surface area contributed by atoms with E-state index in [1.165, 1.54) is 50.2 Å². The third-order valence-electron chi connectivity index (χ3n) is 10.1. The molecule has 1 aromatic heterocycles. The molecule has 0 saturated carbocycles. The summed E-state index contributed by atoms with van der Waals surface area (Å²) in [5.74, 6) is 3.12. The highest BCUT2D eigenvalue weighted by Gasteiger charge is 2.21. The van der Waals surface area contributed by atoms with Gasteiger partial charge in [-0.2, -0.15) is 0 Å². The number of allylic oxidation sites excluding steroid dienone is 1. The number of rotatable bonds is 11. The second-order valence-corrected chi connectivity index (χ2v) is 15.0. The van der Waals surface area contributed by atoms with Crippen LogP contribution in [0.25, 0.3) is 39.3 Å². The van der Waals surface area contributed by atoms with Crippen LogP contribution in [0.4, 0.5) is 0 Å². The van der Waals surface area contributed by atoms with Gasteiger partial charge in [0.25, 0.3) is 0 Å². The summed E-state index contributed by atoms with van der Waals surface area (Å²) in [5.41, 5.74) is 13.8. The highest BCUT2D eigenvalue weighted by Crippen LogP contribution is 2.38. The van der Waals surface area contributed by atoms with Gasteiger partial charge in [-0.05, 0) is 107 Å². The first kappa shape index (κ1) is 38.9. The SMILES string of the molecule is C/C=C\N=C(C)c1ccccc1C[C@@H](C)C(C)C.CC(C)c1cc(-c2ccccc2)cc(C(C)C)c1-n1ccnc1-c1cccc(-c2ccccc2)c1. The van der Waals surface area contributed by atoms with Gasteiger partial charge in [0.05, 0.1) is 5.69 Å². The molecule has 1 atom stereocenters. The zero-order chi connectivity index (χ0) is 37.9. The van der Waals surface area contributed by atoms with Gasteiger partial charge >= 0.3 is 0 Å². The lowest BCUT2D eigenvalue weighted by Gasteiger charge is -2.24. The van der Waals surface area contributed by atoms with E-state index in [0.29, 0.717) is 23.7 Å². The number of imidazole rings is 1. The van der Waals surface area contributed by atoms with Gasteiger partial charge in [0.1, 0.15) is 5.82 Å². The number of aromatic nitrogens is 2. The predicted octanol–water partition coefficient (Wildman–Crippen LogP) is 14.0. The molecule has 272 valence electrons. The summed E-state index contributed by atoms with van der Waals surface area (Å²) in [5, 5.41) is 0. The van der Waals surface area contributed by atoms with Crippen LogP contribution in [0.3, 0.4) is 0 Å². The van der Waals surface area contributed by atoms with Crippen molar-refractivity contribution in [1.82, 2.24) is 9.55 Å². The summed E-state index contributed by atoms with van der Waals surface area (Å²) in [6.45, 7) is 20.1. The normalized spacial score (nSPS) is 12.4. The second-order valence-electron chi connectivity index (χ2n) is 15.0. The lowest BCUT2D eigenvalue weighted by molar-refractivity contribution is 0.417. The number of benzene rings is 5. The van der Waals surface area contributed by atoms with Crippen molar-refractivity contribution in [2.45, 2.75) is 80.6 Å². The minimum absolute atomic E-state index is 0.372. The molecular weight excluding hydrogens is 643 g/mol. The Kier molecular flexibility index (Phi) is 13.6. The zero-order valence-electron chi connectivity index (χ0n) is 33.2. The van der Waals surface area contributed by atoms with Crippen LogP contribution in [0.5, 0.6) is 0 Å². The third-order valence-corrected chi connectivity index (χ3v) is 10.1. The van der Waals surface area contributed by atoms with Crippen molar-refractivity contribution < 1.29 is 0 Å². The molecule has 3 nitrogen and oxygen atoms in total. The summed E-state index contributed by atoms with van der Waals surface area (Å²) in [6.07, 6.45) is 8.97. The van der Waals surface area contributed by atoms with Gasteiger partial charge < -0.3 is 0 Å². The molecule has 0 saturated heterocycles. The van der Waals surface area contributed by atoms with Crippen LogP contribution >= 0.6 is 0 Å². The van der Waals surface area contributed by atoms with E-state index in [2.05, 4.69) is 192 Å². The van der Waals surface area contributed by atoms with Crippen LogP contribution in [0, 0.1) is 11.8 Å². The molecule has 0 amide bonds. The fourth-order valence-electron chi connectivity index (χ4n) is 6.69. The minimum Gasteiger partial charge on any atom is -0.299 e. The summed E-state index contributed by atoms with van der Waals surface area (Å²) < 4.78 is 2.30. The van der Waals surface area contributed by atoms with Crippen LogP contribution in [0.1, 0.15) is 96.4 Å². The smallest absolute Gasteiger partial charge is 0.144 e. The topological polar surface area (TPSA) is 30.2 Å². The van der Waals surface area contributed by atoms with E-state index in [-0.39, 0.29) is 0 Å². The Morgan fingerprint density at radius 2 is 1.19 bits per heavy atom. The molecule has 0 aliphatic heterocycles. The first-order chi connectivity index (χ1) is 25.6. The Labute approximate surface area is 319 Å². The highest BCUT2D eigenvalue weighted by atomic mass is 15.1. The van der Waals surface area contributed by atoms with E-state index in [1.807, 2.05) is 25.4 Å². The molecule has 0 unspecified atom stereocenters. The molecule has 0 spiro atoms. The van der Waals surface area contributed by atoms with E-state index < -0.39 is 0 Å². The van der Waals surface area contributed by atoms with Gasteiger partial charge in [0.15, 0.2) is 0 Å². The standard InChI is InChI=1S/C33H32N2.C17H25N/c1-23(2)30-21-29(26-14-9-6-10-15-26)22-31(24(3)4)32(30)35-19-18-34-33(35)28-17-11-16-27(20-28)25-12-7-5-8-13-25;1-6-11-18-15(5)17-10-8-7-9-16(17)12-14(4)13(2)3/h5-24H,1-4H3;6-11,13-14H,12H2,1-5H3/b;11-6-,18-15?/t;14-/m.1/s1. The largest absolute Gasteiger partial charge is 0.299 e. The molecule has 0 N–H and O–H groups in total. The van der Waals surface area contributed by atoms with Gasteiger partial charge in [-0.1, -0.05) is 158 Å². The Balaban J connectivity index is 0.000000255. The van der Waals surface area contributed by atoms with Crippen LogP contribution in [-0.4, -0.2) is 15.3 Å². The Bertz CT molecular complexity index is 2080. The third kappa shape index (κ3) is 9.78. The van der Waals surface area contributed by atoms with Crippen molar-refractivity contribution >= 4 is 5.71 Å². The van der Waals surface area contributed by atoms with Gasteiger partial charge in [0.2, 0.25) is 0 Å². The first-order valence-corrected chi connectivity index (χ1v) is 19.3. The molecule has 6 aromatic rings. The van der Waals surface area contributed by atoms with Crippen molar-refractivity contribution in [1.29, 1.82) is 0 Å². The van der Waals surface area contributed by atoms with Crippen LogP contribution < -0.4 is 0 Å². The van der Waals surface area contributed by atoms with Gasteiger partial charge in [0, 0.05) is 29.9 Å². The van der Waals surface area contributed by atoms with E-state index >= 15 is 0 Å².